The number of aromatic carboxylic acids is 1. The van der Waals surface area contributed by atoms with Crippen molar-refractivity contribution in [3.8, 4) is 0 Å². The van der Waals surface area contributed by atoms with Gasteiger partial charge in [-0.25, -0.2) is 13.2 Å². The standard InChI is InChI=1S/C14H11ClO4S/c15-11-5-7-12(8-6-11)20(18,19)9-10-3-1-2-4-13(10)14(16)17/h1-8H,9H2,(H,16,17). The lowest BCUT2D eigenvalue weighted by molar-refractivity contribution is 0.0696. The number of halogens is 1. The first-order chi connectivity index (χ1) is 9.40. The maximum atomic E-state index is 12.3. The van der Waals surface area contributed by atoms with Crippen LogP contribution in [0, 0.1) is 0 Å². The van der Waals surface area contributed by atoms with Crippen LogP contribution in [0.15, 0.2) is 53.4 Å². The Labute approximate surface area is 121 Å². The summed E-state index contributed by atoms with van der Waals surface area (Å²) in [6.07, 6.45) is 0. The van der Waals surface area contributed by atoms with Crippen LogP contribution in [-0.4, -0.2) is 19.5 Å². The van der Waals surface area contributed by atoms with Crippen molar-refractivity contribution in [2.45, 2.75) is 10.6 Å². The van der Waals surface area contributed by atoms with Crippen LogP contribution in [0.4, 0.5) is 0 Å². The highest BCUT2D eigenvalue weighted by Crippen LogP contribution is 2.20. The van der Waals surface area contributed by atoms with Gasteiger partial charge < -0.3 is 5.11 Å². The van der Waals surface area contributed by atoms with E-state index in [0.717, 1.165) is 0 Å². The Morgan fingerprint density at radius 2 is 1.65 bits per heavy atom. The number of carboxylic acids is 1. The van der Waals surface area contributed by atoms with Crippen molar-refractivity contribution >= 4 is 27.4 Å². The molecule has 4 nitrogen and oxygen atoms in total. The number of sulfone groups is 1. The zero-order valence-electron chi connectivity index (χ0n) is 10.3. The smallest absolute Gasteiger partial charge is 0.335 e. The van der Waals surface area contributed by atoms with Crippen molar-refractivity contribution in [2.75, 3.05) is 0 Å². The van der Waals surface area contributed by atoms with Crippen LogP contribution in [0.3, 0.4) is 0 Å². The minimum Gasteiger partial charge on any atom is -0.478 e. The van der Waals surface area contributed by atoms with E-state index in [4.69, 9.17) is 16.7 Å². The molecule has 0 fully saturated rings. The molecule has 0 spiro atoms. The average Bonchev–Trinajstić information content (AvgIpc) is 2.39. The number of carbonyl (C=O) groups is 1. The van der Waals surface area contributed by atoms with Crippen molar-refractivity contribution in [2.24, 2.45) is 0 Å². The van der Waals surface area contributed by atoms with Crippen LogP contribution in [0.1, 0.15) is 15.9 Å². The van der Waals surface area contributed by atoms with E-state index in [9.17, 15) is 13.2 Å². The third-order valence-electron chi connectivity index (χ3n) is 2.77. The minimum atomic E-state index is -3.61. The first-order valence-corrected chi connectivity index (χ1v) is 7.73. The molecule has 2 rings (SSSR count). The second-order valence-electron chi connectivity index (χ2n) is 4.18. The molecule has 0 aliphatic heterocycles. The van der Waals surface area contributed by atoms with Crippen molar-refractivity contribution in [1.29, 1.82) is 0 Å². The van der Waals surface area contributed by atoms with Gasteiger partial charge in [-0.2, -0.15) is 0 Å². The summed E-state index contributed by atoms with van der Waals surface area (Å²) in [6.45, 7) is 0. The summed E-state index contributed by atoms with van der Waals surface area (Å²) < 4.78 is 24.5. The Morgan fingerprint density at radius 3 is 2.25 bits per heavy atom. The van der Waals surface area contributed by atoms with Gasteiger partial charge in [0.2, 0.25) is 0 Å². The summed E-state index contributed by atoms with van der Waals surface area (Å²) in [5.74, 6) is -1.51. The average molecular weight is 311 g/mol. The molecule has 0 aliphatic carbocycles. The van der Waals surface area contributed by atoms with E-state index in [2.05, 4.69) is 0 Å². The number of hydrogen-bond donors (Lipinski definition) is 1. The first kappa shape index (κ1) is 14.6. The first-order valence-electron chi connectivity index (χ1n) is 5.70. The second-order valence-corrected chi connectivity index (χ2v) is 6.60. The van der Waals surface area contributed by atoms with E-state index in [0.29, 0.717) is 5.02 Å². The Kier molecular flexibility index (Phi) is 4.11. The summed E-state index contributed by atoms with van der Waals surface area (Å²) in [4.78, 5) is 11.2. The van der Waals surface area contributed by atoms with E-state index >= 15 is 0 Å². The van der Waals surface area contributed by atoms with Gasteiger partial charge in [0.1, 0.15) is 0 Å². The third kappa shape index (κ3) is 3.18. The zero-order valence-corrected chi connectivity index (χ0v) is 11.9. The normalized spacial score (nSPS) is 11.2. The Bertz CT molecular complexity index is 736. The molecule has 2 aromatic rings. The largest absolute Gasteiger partial charge is 0.478 e. The summed E-state index contributed by atoms with van der Waals surface area (Å²) in [7, 11) is -3.61. The Hall–Kier alpha value is -1.85. The van der Waals surface area contributed by atoms with Crippen LogP contribution in [-0.2, 0) is 15.6 Å². The van der Waals surface area contributed by atoms with Gasteiger partial charge in [0.15, 0.2) is 9.84 Å². The Morgan fingerprint density at radius 1 is 1.05 bits per heavy atom. The fourth-order valence-corrected chi connectivity index (χ4v) is 3.29. The van der Waals surface area contributed by atoms with Crippen molar-refractivity contribution in [3.63, 3.8) is 0 Å². The fraction of sp³-hybridized carbons (Fsp3) is 0.0714. The van der Waals surface area contributed by atoms with E-state index in [1.165, 1.54) is 36.4 Å². The molecule has 0 saturated heterocycles. The molecule has 0 unspecified atom stereocenters. The number of rotatable bonds is 4. The number of carboxylic acid groups (broad SMARTS) is 1. The predicted molar refractivity (Wildman–Crippen MR) is 75.7 cm³/mol. The molecule has 0 atom stereocenters. The highest BCUT2D eigenvalue weighted by molar-refractivity contribution is 7.90. The van der Waals surface area contributed by atoms with Crippen LogP contribution >= 0.6 is 11.6 Å². The summed E-state index contributed by atoms with van der Waals surface area (Å²) >= 11 is 5.72. The van der Waals surface area contributed by atoms with Gasteiger partial charge in [-0.3, -0.25) is 0 Å². The summed E-state index contributed by atoms with van der Waals surface area (Å²) in [5.41, 5.74) is 0.250. The molecule has 0 heterocycles. The fourth-order valence-electron chi connectivity index (χ4n) is 1.78. The van der Waals surface area contributed by atoms with Gasteiger partial charge in [-0.05, 0) is 35.9 Å². The quantitative estimate of drug-likeness (QED) is 0.942. The van der Waals surface area contributed by atoms with Gasteiger partial charge in [-0.15, -0.1) is 0 Å². The molecule has 0 saturated carbocycles. The Balaban J connectivity index is 2.38. The molecule has 0 bridgehead atoms. The van der Waals surface area contributed by atoms with Crippen molar-refractivity contribution in [3.05, 3.63) is 64.7 Å². The molecule has 0 aliphatic rings. The lowest BCUT2D eigenvalue weighted by Crippen LogP contribution is -2.09. The summed E-state index contributed by atoms with van der Waals surface area (Å²) in [6, 6.07) is 11.8. The molecule has 20 heavy (non-hydrogen) atoms. The molecule has 1 N–H and O–H groups in total. The van der Waals surface area contributed by atoms with E-state index in [-0.39, 0.29) is 21.8 Å². The van der Waals surface area contributed by atoms with Crippen molar-refractivity contribution in [1.82, 2.24) is 0 Å². The molecule has 0 radical (unpaired) electrons. The lowest BCUT2D eigenvalue weighted by Gasteiger charge is -2.07. The van der Waals surface area contributed by atoms with Crippen molar-refractivity contribution < 1.29 is 18.3 Å². The molecular weight excluding hydrogens is 300 g/mol. The van der Waals surface area contributed by atoms with Crippen LogP contribution < -0.4 is 0 Å². The van der Waals surface area contributed by atoms with E-state index in [1.54, 1.807) is 12.1 Å². The van der Waals surface area contributed by atoms with Gasteiger partial charge in [0.25, 0.3) is 0 Å². The number of benzene rings is 2. The van der Waals surface area contributed by atoms with E-state index in [1.807, 2.05) is 0 Å². The molecule has 2 aromatic carbocycles. The maximum Gasteiger partial charge on any atom is 0.335 e. The molecule has 0 aromatic heterocycles. The van der Waals surface area contributed by atoms with Crippen LogP contribution in [0.2, 0.25) is 5.02 Å². The summed E-state index contributed by atoms with van der Waals surface area (Å²) in [5, 5.41) is 9.50. The van der Waals surface area contributed by atoms with E-state index < -0.39 is 15.8 Å². The number of hydrogen-bond acceptors (Lipinski definition) is 3. The zero-order chi connectivity index (χ0) is 14.8. The van der Waals surface area contributed by atoms with Gasteiger partial charge in [0.05, 0.1) is 16.2 Å². The van der Waals surface area contributed by atoms with Crippen LogP contribution in [0.5, 0.6) is 0 Å². The molecular formula is C14H11ClO4S. The highest BCUT2D eigenvalue weighted by Gasteiger charge is 2.19. The predicted octanol–water partition coefficient (Wildman–Crippen LogP) is 3.01. The van der Waals surface area contributed by atoms with Crippen LogP contribution in [0.25, 0.3) is 0 Å². The SMILES string of the molecule is O=C(O)c1ccccc1CS(=O)(=O)c1ccc(Cl)cc1. The molecule has 0 amide bonds. The van der Waals surface area contributed by atoms with Gasteiger partial charge in [0, 0.05) is 5.02 Å². The lowest BCUT2D eigenvalue weighted by atomic mass is 10.1. The third-order valence-corrected chi connectivity index (χ3v) is 4.70. The topological polar surface area (TPSA) is 71.4 Å². The molecule has 6 heteroatoms. The monoisotopic (exact) mass is 310 g/mol. The van der Waals surface area contributed by atoms with Gasteiger partial charge >= 0.3 is 5.97 Å². The maximum absolute atomic E-state index is 12.3. The molecule has 104 valence electrons. The highest BCUT2D eigenvalue weighted by atomic mass is 35.5. The minimum absolute atomic E-state index is 0.00922. The second kappa shape index (κ2) is 5.64. The van der Waals surface area contributed by atoms with Gasteiger partial charge in [-0.1, -0.05) is 29.8 Å².